The maximum atomic E-state index is 8.58. The molecule has 1 atom stereocenters. The minimum absolute atomic E-state index is 0.643. The van der Waals surface area contributed by atoms with Crippen molar-refractivity contribution in [2.24, 2.45) is 0 Å². The molecule has 1 aromatic carbocycles. The van der Waals surface area contributed by atoms with Crippen LogP contribution in [0.1, 0.15) is 41.9 Å². The maximum absolute atomic E-state index is 8.58. The predicted molar refractivity (Wildman–Crippen MR) is 57.1 cm³/mol. The van der Waals surface area contributed by atoms with Crippen molar-refractivity contribution in [3.05, 3.63) is 34.9 Å². The first-order chi connectivity index (χ1) is 6.83. The molecular weight excluding hydrogens is 170 g/mol. The number of nitrogens with zero attached hydrogens (tertiary/aromatic N) is 1. The molecule has 1 aromatic rings. The Hall–Kier alpha value is -1.29. The number of benzene rings is 1. The molecular formula is C13H15N. The van der Waals surface area contributed by atoms with E-state index in [0.717, 1.165) is 6.42 Å². The second-order valence-electron chi connectivity index (χ2n) is 4.08. The van der Waals surface area contributed by atoms with Gasteiger partial charge in [-0.15, -0.1) is 0 Å². The standard InChI is InChI=1S/C13H15N/c1-10-4-2-6-13-11(5-3-9-14)7-8-12(10)13/h2,4,6,11H,3,5,7-8H2,1H3. The third kappa shape index (κ3) is 1.53. The zero-order chi connectivity index (χ0) is 9.97. The quantitative estimate of drug-likeness (QED) is 0.693. The molecule has 0 heterocycles. The van der Waals surface area contributed by atoms with Crippen molar-refractivity contribution in [3.63, 3.8) is 0 Å². The van der Waals surface area contributed by atoms with Gasteiger partial charge in [0.2, 0.25) is 0 Å². The second-order valence-corrected chi connectivity index (χ2v) is 4.08. The van der Waals surface area contributed by atoms with Crippen LogP contribution in [0.4, 0.5) is 0 Å². The Balaban J connectivity index is 2.23. The van der Waals surface area contributed by atoms with E-state index in [9.17, 15) is 0 Å². The predicted octanol–water partition coefficient (Wildman–Crippen LogP) is 3.33. The Morgan fingerprint density at radius 3 is 3.14 bits per heavy atom. The van der Waals surface area contributed by atoms with Crippen molar-refractivity contribution in [1.29, 1.82) is 5.26 Å². The highest BCUT2D eigenvalue weighted by Gasteiger charge is 2.22. The van der Waals surface area contributed by atoms with E-state index in [1.54, 1.807) is 0 Å². The summed E-state index contributed by atoms with van der Waals surface area (Å²) >= 11 is 0. The molecule has 0 saturated carbocycles. The molecule has 1 nitrogen and oxygen atoms in total. The first kappa shape index (κ1) is 9.27. The molecule has 1 heteroatoms. The lowest BCUT2D eigenvalue weighted by atomic mass is 9.95. The summed E-state index contributed by atoms with van der Waals surface area (Å²) in [5, 5.41) is 8.58. The van der Waals surface area contributed by atoms with Crippen molar-refractivity contribution in [1.82, 2.24) is 0 Å². The Labute approximate surface area is 85.4 Å². The zero-order valence-corrected chi connectivity index (χ0v) is 8.59. The number of hydrogen-bond donors (Lipinski definition) is 0. The van der Waals surface area contributed by atoms with Gasteiger partial charge in [0, 0.05) is 6.42 Å². The lowest BCUT2D eigenvalue weighted by Crippen LogP contribution is -1.93. The fraction of sp³-hybridized carbons (Fsp3) is 0.462. The van der Waals surface area contributed by atoms with E-state index in [4.69, 9.17) is 5.26 Å². The molecule has 0 bridgehead atoms. The molecule has 0 aromatic heterocycles. The summed E-state index contributed by atoms with van der Waals surface area (Å²) in [6.07, 6.45) is 4.17. The van der Waals surface area contributed by atoms with Crippen LogP contribution in [0.3, 0.4) is 0 Å². The van der Waals surface area contributed by atoms with Crippen LogP contribution in [0.15, 0.2) is 18.2 Å². The second kappa shape index (κ2) is 3.84. The Kier molecular flexibility index (Phi) is 2.54. The third-order valence-corrected chi connectivity index (χ3v) is 3.23. The van der Waals surface area contributed by atoms with Crippen LogP contribution in [0, 0.1) is 18.3 Å². The van der Waals surface area contributed by atoms with E-state index in [1.807, 2.05) is 0 Å². The fourth-order valence-electron chi connectivity index (χ4n) is 2.46. The average molecular weight is 185 g/mol. The van der Waals surface area contributed by atoms with Crippen LogP contribution in [-0.4, -0.2) is 0 Å². The molecule has 2 rings (SSSR count). The fourth-order valence-corrected chi connectivity index (χ4v) is 2.46. The van der Waals surface area contributed by atoms with Crippen LogP contribution >= 0.6 is 0 Å². The maximum Gasteiger partial charge on any atom is 0.0621 e. The van der Waals surface area contributed by atoms with Crippen LogP contribution < -0.4 is 0 Å². The summed E-state index contributed by atoms with van der Waals surface area (Å²) < 4.78 is 0. The largest absolute Gasteiger partial charge is 0.198 e. The zero-order valence-electron chi connectivity index (χ0n) is 8.59. The summed E-state index contributed by atoms with van der Waals surface area (Å²) in [4.78, 5) is 0. The van der Waals surface area contributed by atoms with Gasteiger partial charge in [0.05, 0.1) is 6.07 Å². The molecule has 0 N–H and O–H groups in total. The minimum atomic E-state index is 0.643. The van der Waals surface area contributed by atoms with Crippen molar-refractivity contribution in [2.45, 2.75) is 38.5 Å². The van der Waals surface area contributed by atoms with E-state index in [0.29, 0.717) is 12.3 Å². The topological polar surface area (TPSA) is 23.8 Å². The number of fused-ring (bicyclic) bond motifs is 1. The lowest BCUT2D eigenvalue weighted by Gasteiger charge is -2.09. The van der Waals surface area contributed by atoms with Gasteiger partial charge in [0.25, 0.3) is 0 Å². The van der Waals surface area contributed by atoms with Crippen molar-refractivity contribution in [2.75, 3.05) is 0 Å². The minimum Gasteiger partial charge on any atom is -0.198 e. The van der Waals surface area contributed by atoms with Crippen molar-refractivity contribution >= 4 is 0 Å². The molecule has 0 aliphatic heterocycles. The first-order valence-electron chi connectivity index (χ1n) is 5.28. The number of aryl methyl sites for hydroxylation is 1. The summed E-state index contributed by atoms with van der Waals surface area (Å²) in [7, 11) is 0. The molecule has 14 heavy (non-hydrogen) atoms. The highest BCUT2D eigenvalue weighted by molar-refractivity contribution is 5.40. The third-order valence-electron chi connectivity index (χ3n) is 3.23. The number of nitriles is 1. The number of rotatable bonds is 2. The molecule has 0 saturated heterocycles. The molecule has 0 spiro atoms. The highest BCUT2D eigenvalue weighted by Crippen LogP contribution is 2.37. The molecule has 72 valence electrons. The monoisotopic (exact) mass is 185 g/mol. The van der Waals surface area contributed by atoms with Gasteiger partial charge in [-0.1, -0.05) is 18.2 Å². The van der Waals surface area contributed by atoms with Crippen LogP contribution in [-0.2, 0) is 6.42 Å². The average Bonchev–Trinajstić information content (AvgIpc) is 2.60. The van der Waals surface area contributed by atoms with Gasteiger partial charge >= 0.3 is 0 Å². The van der Waals surface area contributed by atoms with Gasteiger partial charge in [0.15, 0.2) is 0 Å². The van der Waals surface area contributed by atoms with Gasteiger partial charge in [-0.2, -0.15) is 5.26 Å². The van der Waals surface area contributed by atoms with Gasteiger partial charge in [0.1, 0.15) is 0 Å². The van der Waals surface area contributed by atoms with E-state index in [1.165, 1.54) is 29.5 Å². The van der Waals surface area contributed by atoms with Gasteiger partial charge in [-0.3, -0.25) is 0 Å². The van der Waals surface area contributed by atoms with Gasteiger partial charge < -0.3 is 0 Å². The van der Waals surface area contributed by atoms with Crippen LogP contribution in [0.5, 0.6) is 0 Å². The van der Waals surface area contributed by atoms with Crippen molar-refractivity contribution in [3.8, 4) is 6.07 Å². The molecule has 0 fully saturated rings. The molecule has 1 aliphatic rings. The Morgan fingerprint density at radius 2 is 2.36 bits per heavy atom. The Bertz CT molecular complexity index is 373. The normalized spacial score (nSPS) is 19.0. The van der Waals surface area contributed by atoms with Crippen LogP contribution in [0.25, 0.3) is 0 Å². The number of hydrogen-bond acceptors (Lipinski definition) is 1. The lowest BCUT2D eigenvalue weighted by molar-refractivity contribution is 0.629. The van der Waals surface area contributed by atoms with E-state index in [-0.39, 0.29) is 0 Å². The summed E-state index contributed by atoms with van der Waals surface area (Å²) in [6, 6.07) is 8.80. The van der Waals surface area contributed by atoms with Gasteiger partial charge in [-0.05, 0) is 48.8 Å². The molecule has 1 unspecified atom stereocenters. The smallest absolute Gasteiger partial charge is 0.0621 e. The molecule has 0 amide bonds. The highest BCUT2D eigenvalue weighted by atomic mass is 14.3. The van der Waals surface area contributed by atoms with Crippen molar-refractivity contribution < 1.29 is 0 Å². The van der Waals surface area contributed by atoms with Gasteiger partial charge in [-0.25, -0.2) is 0 Å². The first-order valence-corrected chi connectivity index (χ1v) is 5.28. The van der Waals surface area contributed by atoms with E-state index < -0.39 is 0 Å². The van der Waals surface area contributed by atoms with E-state index in [2.05, 4.69) is 31.2 Å². The summed E-state index contributed by atoms with van der Waals surface area (Å²) in [6.45, 7) is 2.19. The Morgan fingerprint density at radius 1 is 1.50 bits per heavy atom. The molecule has 1 aliphatic carbocycles. The summed E-state index contributed by atoms with van der Waals surface area (Å²) in [5.74, 6) is 0.643. The summed E-state index contributed by atoms with van der Waals surface area (Å²) in [5.41, 5.74) is 4.46. The van der Waals surface area contributed by atoms with E-state index >= 15 is 0 Å². The van der Waals surface area contributed by atoms with Crippen LogP contribution in [0.2, 0.25) is 0 Å². The SMILES string of the molecule is Cc1cccc2c1CCC2CCC#N. The molecule has 0 radical (unpaired) electrons.